The number of carbonyl (C=O) groups is 2. The van der Waals surface area contributed by atoms with Crippen molar-refractivity contribution < 1.29 is 33.0 Å². The van der Waals surface area contributed by atoms with Gasteiger partial charge in [-0.05, 0) is 44.0 Å². The van der Waals surface area contributed by atoms with Crippen LogP contribution in [0.3, 0.4) is 0 Å². The molecule has 2 saturated heterocycles. The van der Waals surface area contributed by atoms with E-state index in [2.05, 4.69) is 78.8 Å². The highest BCUT2D eigenvalue weighted by Gasteiger charge is 2.68. The zero-order valence-electron chi connectivity index (χ0n) is 28.3. The SMILES string of the molecule is CC(=O)O[C@@](C#C[Si](C)(C)C)(CCOCc1ccccc1)C[C@@]12OC(=O)C[C@@H]1OC(C)(C)[C@H]2CCO[Si](C)(C)C(C)(C)C. The second-order valence-electron chi connectivity index (χ2n) is 15.3. The first-order valence-electron chi connectivity index (χ1n) is 15.6. The van der Waals surface area contributed by atoms with Crippen molar-refractivity contribution in [2.45, 2.75) is 135 Å². The van der Waals surface area contributed by atoms with Gasteiger partial charge in [-0.15, -0.1) is 5.54 Å². The van der Waals surface area contributed by atoms with Gasteiger partial charge in [-0.3, -0.25) is 9.59 Å². The van der Waals surface area contributed by atoms with E-state index in [0.29, 0.717) is 32.7 Å². The van der Waals surface area contributed by atoms with Gasteiger partial charge >= 0.3 is 11.9 Å². The Morgan fingerprint density at radius 2 is 1.72 bits per heavy atom. The number of benzene rings is 1. The van der Waals surface area contributed by atoms with E-state index in [-0.39, 0.29) is 29.8 Å². The van der Waals surface area contributed by atoms with Gasteiger partial charge in [0.1, 0.15) is 19.8 Å². The molecule has 2 aliphatic heterocycles. The molecule has 0 radical (unpaired) electrons. The van der Waals surface area contributed by atoms with E-state index in [1.54, 1.807) is 0 Å². The average Bonchev–Trinajstić information content (AvgIpc) is 3.25. The number of hydrogen-bond donors (Lipinski definition) is 0. The molecule has 43 heavy (non-hydrogen) atoms. The van der Waals surface area contributed by atoms with Crippen molar-refractivity contribution >= 4 is 28.3 Å². The third kappa shape index (κ3) is 9.04. The standard InChI is InChI=1S/C34H54O7Si2/c1-26(35)39-33(19-22-42(7,8)9,18-21-37-24-27-15-13-12-14-16-27)25-34-28(17-20-38-43(10,11)31(2,3)4)32(5,6)40-29(34)23-30(36)41-34/h12-16,28-29H,17-18,20-21,23-25H2,1-11H3/t28-,29+,33-,34+/m1/s1. The molecule has 3 rings (SSSR count). The third-order valence-corrected chi connectivity index (χ3v) is 14.5. The summed E-state index contributed by atoms with van der Waals surface area (Å²) >= 11 is 0. The third-order valence-electron chi connectivity index (χ3n) is 9.08. The molecular formula is C34H54O7Si2. The highest BCUT2D eigenvalue weighted by Crippen LogP contribution is 2.55. The van der Waals surface area contributed by atoms with Crippen LogP contribution in [0.1, 0.15) is 72.8 Å². The molecule has 0 spiro atoms. The van der Waals surface area contributed by atoms with Crippen LogP contribution in [0.4, 0.5) is 0 Å². The molecule has 4 atom stereocenters. The summed E-state index contributed by atoms with van der Waals surface area (Å²) in [5, 5.41) is 0.0748. The number of rotatable bonds is 12. The van der Waals surface area contributed by atoms with Crippen LogP contribution in [-0.2, 0) is 39.6 Å². The molecule has 0 amide bonds. The van der Waals surface area contributed by atoms with Crippen molar-refractivity contribution in [1.29, 1.82) is 0 Å². The van der Waals surface area contributed by atoms with Crippen molar-refractivity contribution in [2.24, 2.45) is 5.92 Å². The first-order valence-corrected chi connectivity index (χ1v) is 22.0. The van der Waals surface area contributed by atoms with Crippen LogP contribution < -0.4 is 0 Å². The van der Waals surface area contributed by atoms with Gasteiger partial charge in [0.15, 0.2) is 13.9 Å². The number of carbonyl (C=O) groups excluding carboxylic acids is 2. The van der Waals surface area contributed by atoms with Gasteiger partial charge in [-0.25, -0.2) is 0 Å². The first kappa shape index (κ1) is 35.5. The topological polar surface area (TPSA) is 80.3 Å². The van der Waals surface area contributed by atoms with Gasteiger partial charge in [-0.1, -0.05) is 76.7 Å². The zero-order valence-corrected chi connectivity index (χ0v) is 30.3. The van der Waals surface area contributed by atoms with Crippen molar-refractivity contribution in [2.75, 3.05) is 13.2 Å². The summed E-state index contributed by atoms with van der Waals surface area (Å²) in [5.41, 5.74) is 1.71. The molecule has 2 aliphatic rings. The molecule has 0 unspecified atom stereocenters. The fourth-order valence-corrected chi connectivity index (χ4v) is 7.63. The first-order chi connectivity index (χ1) is 19.7. The molecule has 0 saturated carbocycles. The van der Waals surface area contributed by atoms with E-state index < -0.39 is 45.3 Å². The van der Waals surface area contributed by atoms with Crippen LogP contribution in [-0.4, -0.2) is 64.5 Å². The molecule has 0 aliphatic carbocycles. The van der Waals surface area contributed by atoms with Crippen LogP contribution >= 0.6 is 0 Å². The fraction of sp³-hybridized carbons (Fsp3) is 0.706. The number of ether oxygens (including phenoxy) is 4. The Labute approximate surface area is 261 Å². The molecule has 0 aromatic heterocycles. The lowest BCUT2D eigenvalue weighted by molar-refractivity contribution is -0.169. The number of hydrogen-bond acceptors (Lipinski definition) is 7. The summed E-state index contributed by atoms with van der Waals surface area (Å²) in [5.74, 6) is 2.50. The number of esters is 2. The summed E-state index contributed by atoms with van der Waals surface area (Å²) in [6.45, 7) is 24.4. The van der Waals surface area contributed by atoms with E-state index in [4.69, 9.17) is 23.4 Å². The molecule has 240 valence electrons. The normalized spacial score (nSPS) is 24.9. The van der Waals surface area contributed by atoms with Gasteiger partial charge in [0, 0.05) is 32.3 Å². The van der Waals surface area contributed by atoms with Gasteiger partial charge in [0.25, 0.3) is 0 Å². The minimum Gasteiger partial charge on any atom is -0.456 e. The molecule has 0 N–H and O–H groups in total. The lowest BCUT2D eigenvalue weighted by atomic mass is 9.70. The molecule has 2 fully saturated rings. The quantitative estimate of drug-likeness (QED) is 0.106. The molecular weight excluding hydrogens is 577 g/mol. The van der Waals surface area contributed by atoms with Crippen molar-refractivity contribution in [3.8, 4) is 11.5 Å². The Morgan fingerprint density at radius 1 is 1.07 bits per heavy atom. The Balaban J connectivity index is 1.98. The van der Waals surface area contributed by atoms with Crippen molar-refractivity contribution in [1.82, 2.24) is 0 Å². The van der Waals surface area contributed by atoms with Gasteiger partial charge in [-0.2, -0.15) is 0 Å². The van der Waals surface area contributed by atoms with Crippen LogP contribution in [0.25, 0.3) is 0 Å². The van der Waals surface area contributed by atoms with Crippen molar-refractivity contribution in [3.05, 3.63) is 35.9 Å². The average molecular weight is 631 g/mol. The second-order valence-corrected chi connectivity index (χ2v) is 24.9. The van der Waals surface area contributed by atoms with Gasteiger partial charge in [0.2, 0.25) is 0 Å². The molecule has 2 heterocycles. The Bertz CT molecular complexity index is 1190. The van der Waals surface area contributed by atoms with Crippen LogP contribution in [0.15, 0.2) is 30.3 Å². The Hall–Kier alpha value is -1.97. The predicted octanol–water partition coefficient (Wildman–Crippen LogP) is 7.06. The maximum absolute atomic E-state index is 12.9. The predicted molar refractivity (Wildman–Crippen MR) is 175 cm³/mol. The lowest BCUT2D eigenvalue weighted by Gasteiger charge is -2.42. The van der Waals surface area contributed by atoms with Crippen LogP contribution in [0, 0.1) is 17.4 Å². The van der Waals surface area contributed by atoms with Crippen LogP contribution in [0.5, 0.6) is 0 Å². The van der Waals surface area contributed by atoms with E-state index in [1.807, 2.05) is 30.3 Å². The Kier molecular flexibility index (Phi) is 10.9. The van der Waals surface area contributed by atoms with Crippen molar-refractivity contribution in [3.63, 3.8) is 0 Å². The molecule has 1 aromatic rings. The zero-order chi connectivity index (χ0) is 32.3. The van der Waals surface area contributed by atoms with E-state index >= 15 is 0 Å². The highest BCUT2D eigenvalue weighted by atomic mass is 28.4. The smallest absolute Gasteiger partial charge is 0.309 e. The van der Waals surface area contributed by atoms with E-state index in [0.717, 1.165) is 5.56 Å². The van der Waals surface area contributed by atoms with Gasteiger partial charge in [0.05, 0.1) is 25.2 Å². The molecule has 7 nitrogen and oxygen atoms in total. The summed E-state index contributed by atoms with van der Waals surface area (Å²) in [4.78, 5) is 25.6. The van der Waals surface area contributed by atoms with E-state index in [9.17, 15) is 9.59 Å². The maximum atomic E-state index is 12.9. The Morgan fingerprint density at radius 3 is 2.30 bits per heavy atom. The summed E-state index contributed by atoms with van der Waals surface area (Å²) in [6, 6.07) is 9.96. The second kappa shape index (κ2) is 13.2. The van der Waals surface area contributed by atoms with Crippen LogP contribution in [0.2, 0.25) is 37.8 Å². The highest BCUT2D eigenvalue weighted by molar-refractivity contribution is 6.83. The summed E-state index contributed by atoms with van der Waals surface area (Å²) in [6.07, 6.45) is 0.894. The minimum atomic E-state index is -2.00. The molecule has 9 heteroatoms. The van der Waals surface area contributed by atoms with E-state index in [1.165, 1.54) is 6.92 Å². The fourth-order valence-electron chi connectivity index (χ4n) is 5.96. The monoisotopic (exact) mass is 630 g/mol. The summed E-state index contributed by atoms with van der Waals surface area (Å²) in [7, 11) is -3.88. The maximum Gasteiger partial charge on any atom is 0.309 e. The molecule has 1 aromatic carbocycles. The summed E-state index contributed by atoms with van der Waals surface area (Å²) < 4.78 is 31.7. The minimum absolute atomic E-state index is 0.0748. The number of fused-ring (bicyclic) bond motifs is 1. The molecule has 0 bridgehead atoms. The van der Waals surface area contributed by atoms with Gasteiger partial charge < -0.3 is 23.4 Å². The largest absolute Gasteiger partial charge is 0.456 e. The lowest BCUT2D eigenvalue weighted by Crippen LogP contribution is -2.53.